The molecule has 1 heterocycles. The molecule has 8 nitrogen and oxygen atoms in total. The van der Waals surface area contributed by atoms with Gasteiger partial charge in [0.2, 0.25) is 0 Å². The summed E-state index contributed by atoms with van der Waals surface area (Å²) in [5, 5.41) is 11.9. The molecule has 0 aliphatic carbocycles. The lowest BCUT2D eigenvalue weighted by Gasteiger charge is -2.13. The van der Waals surface area contributed by atoms with Crippen molar-refractivity contribution in [2.45, 2.75) is 52.6 Å². The highest BCUT2D eigenvalue weighted by molar-refractivity contribution is 5.95. The fourth-order valence-corrected chi connectivity index (χ4v) is 3.47. The van der Waals surface area contributed by atoms with Crippen LogP contribution >= 0.6 is 12.4 Å². The molecule has 0 amide bonds. The summed E-state index contributed by atoms with van der Waals surface area (Å²) in [5.74, 6) is 0.327. The fourth-order valence-electron chi connectivity index (χ4n) is 3.47. The first-order valence-electron chi connectivity index (χ1n) is 10.8. The number of hydrogen-bond donors (Lipinski definition) is 2. The molecule has 1 aromatic heterocycles. The van der Waals surface area contributed by atoms with E-state index in [1.165, 1.54) is 9.25 Å². The summed E-state index contributed by atoms with van der Waals surface area (Å²) in [5.41, 5.74) is 8.06. The molecule has 0 fully saturated rings. The van der Waals surface area contributed by atoms with E-state index in [9.17, 15) is 9.59 Å². The maximum atomic E-state index is 13.0. The lowest BCUT2D eigenvalue weighted by molar-refractivity contribution is -0.149. The smallest absolute Gasteiger partial charge is 0.355 e. The van der Waals surface area contributed by atoms with Crippen molar-refractivity contribution in [1.29, 1.82) is 5.41 Å². The van der Waals surface area contributed by atoms with E-state index < -0.39 is 0 Å². The third kappa shape index (κ3) is 6.10. The van der Waals surface area contributed by atoms with Gasteiger partial charge in [-0.25, -0.2) is 9.36 Å². The number of carbonyl (C=O) groups is 1. The zero-order valence-electron chi connectivity index (χ0n) is 19.1. The summed E-state index contributed by atoms with van der Waals surface area (Å²) in [6.45, 7) is 5.78. The quantitative estimate of drug-likeness (QED) is 0.280. The predicted molar refractivity (Wildman–Crippen MR) is 131 cm³/mol. The van der Waals surface area contributed by atoms with Crippen LogP contribution in [0.3, 0.4) is 0 Å². The van der Waals surface area contributed by atoms with Gasteiger partial charge < -0.3 is 10.5 Å². The number of rotatable bonds is 9. The molecule has 0 aliphatic heterocycles. The Morgan fingerprint density at radius 3 is 2.18 bits per heavy atom. The molecule has 0 saturated carbocycles. The van der Waals surface area contributed by atoms with Crippen molar-refractivity contribution in [2.75, 3.05) is 0 Å². The second-order valence-corrected chi connectivity index (χ2v) is 7.63. The number of benzene rings is 2. The van der Waals surface area contributed by atoms with Crippen molar-refractivity contribution >= 4 is 24.2 Å². The standard InChI is InChI=1S/C24H29N5O3.ClH/c1-4-21(5-2)32-22(30)15-8-17-6-11-19(12-7-17)28-16(3)27-29(24(28)31)20-13-9-18(10-14-20)23(25)26;/h6-7,9-14,21H,4-5,8,15H2,1-3H3,(H3,25,26);1H. The Balaban J connectivity index is 0.00000385. The van der Waals surface area contributed by atoms with Crippen molar-refractivity contribution in [3.63, 3.8) is 0 Å². The van der Waals surface area contributed by atoms with E-state index in [4.69, 9.17) is 15.9 Å². The molecule has 33 heavy (non-hydrogen) atoms. The molecular weight excluding hydrogens is 442 g/mol. The Bertz CT molecular complexity index is 1150. The van der Waals surface area contributed by atoms with E-state index in [0.29, 0.717) is 35.6 Å². The lowest BCUT2D eigenvalue weighted by atomic mass is 10.1. The van der Waals surface area contributed by atoms with Crippen LogP contribution in [-0.4, -0.2) is 32.3 Å². The number of esters is 1. The van der Waals surface area contributed by atoms with E-state index in [2.05, 4.69) is 5.10 Å². The van der Waals surface area contributed by atoms with Gasteiger partial charge in [0.05, 0.1) is 11.4 Å². The molecular formula is C24H30ClN5O3. The number of aromatic nitrogens is 3. The van der Waals surface area contributed by atoms with Crippen LogP contribution in [0.15, 0.2) is 53.3 Å². The van der Waals surface area contributed by atoms with Crippen LogP contribution in [0, 0.1) is 12.3 Å². The van der Waals surface area contributed by atoms with Gasteiger partial charge in [0.25, 0.3) is 0 Å². The largest absolute Gasteiger partial charge is 0.462 e. The number of carbonyl (C=O) groups excluding carboxylic acids is 1. The summed E-state index contributed by atoms with van der Waals surface area (Å²) in [6.07, 6.45) is 2.52. The summed E-state index contributed by atoms with van der Waals surface area (Å²) in [7, 11) is 0. The minimum absolute atomic E-state index is 0. The number of nitrogen functional groups attached to an aromatic ring is 1. The molecule has 176 valence electrons. The second kappa shape index (κ2) is 11.5. The first kappa shape index (κ1) is 25.9. The molecule has 0 atom stereocenters. The first-order valence-corrected chi connectivity index (χ1v) is 10.8. The van der Waals surface area contributed by atoms with E-state index in [0.717, 1.165) is 18.4 Å². The van der Waals surface area contributed by atoms with Crippen LogP contribution in [0.25, 0.3) is 11.4 Å². The number of nitrogens with zero attached hydrogens (tertiary/aromatic N) is 3. The Kier molecular flexibility index (Phi) is 8.99. The maximum absolute atomic E-state index is 13.0. The van der Waals surface area contributed by atoms with Gasteiger partial charge in [0, 0.05) is 12.0 Å². The third-order valence-corrected chi connectivity index (χ3v) is 5.38. The molecule has 3 N–H and O–H groups in total. The highest BCUT2D eigenvalue weighted by atomic mass is 35.5. The van der Waals surface area contributed by atoms with Gasteiger partial charge in [-0.1, -0.05) is 26.0 Å². The van der Waals surface area contributed by atoms with Gasteiger partial charge in [-0.15, -0.1) is 17.5 Å². The molecule has 0 spiro atoms. The lowest BCUT2D eigenvalue weighted by Crippen LogP contribution is -2.23. The van der Waals surface area contributed by atoms with E-state index in [-0.39, 0.29) is 36.0 Å². The average Bonchev–Trinajstić information content (AvgIpc) is 3.10. The summed E-state index contributed by atoms with van der Waals surface area (Å²) in [6, 6.07) is 14.3. The highest BCUT2D eigenvalue weighted by Crippen LogP contribution is 2.14. The van der Waals surface area contributed by atoms with Crippen molar-refractivity contribution in [3.05, 3.63) is 76.0 Å². The highest BCUT2D eigenvalue weighted by Gasteiger charge is 2.14. The molecule has 0 bridgehead atoms. The van der Waals surface area contributed by atoms with E-state index in [1.807, 2.05) is 38.1 Å². The summed E-state index contributed by atoms with van der Waals surface area (Å²) in [4.78, 5) is 25.0. The number of amidine groups is 1. The summed E-state index contributed by atoms with van der Waals surface area (Å²) >= 11 is 0. The molecule has 0 saturated heterocycles. The Labute approximate surface area is 199 Å². The van der Waals surface area contributed by atoms with Gasteiger partial charge in [0.15, 0.2) is 0 Å². The van der Waals surface area contributed by atoms with Crippen LogP contribution < -0.4 is 11.4 Å². The van der Waals surface area contributed by atoms with Crippen LogP contribution in [0.1, 0.15) is 50.1 Å². The van der Waals surface area contributed by atoms with Crippen molar-refractivity contribution < 1.29 is 9.53 Å². The Morgan fingerprint density at radius 2 is 1.64 bits per heavy atom. The topological polar surface area (TPSA) is 116 Å². The first-order chi connectivity index (χ1) is 15.3. The maximum Gasteiger partial charge on any atom is 0.355 e. The average molecular weight is 472 g/mol. The van der Waals surface area contributed by atoms with Gasteiger partial charge in [0.1, 0.15) is 17.8 Å². The zero-order chi connectivity index (χ0) is 23.3. The van der Waals surface area contributed by atoms with Crippen LogP contribution in [0.5, 0.6) is 0 Å². The third-order valence-electron chi connectivity index (χ3n) is 5.38. The number of nitrogens with one attached hydrogen (secondary N) is 1. The normalized spacial score (nSPS) is 10.7. The molecule has 0 unspecified atom stereocenters. The van der Waals surface area contributed by atoms with Gasteiger partial charge >= 0.3 is 11.7 Å². The number of ether oxygens (including phenoxy) is 1. The number of halogens is 1. The summed E-state index contributed by atoms with van der Waals surface area (Å²) < 4.78 is 8.30. The molecule has 0 aliphatic rings. The predicted octanol–water partition coefficient (Wildman–Crippen LogP) is 3.70. The monoisotopic (exact) mass is 471 g/mol. The minimum Gasteiger partial charge on any atom is -0.462 e. The van der Waals surface area contributed by atoms with Gasteiger partial charge in [-0.05, 0) is 68.1 Å². The van der Waals surface area contributed by atoms with E-state index in [1.54, 1.807) is 31.2 Å². The van der Waals surface area contributed by atoms with Crippen LogP contribution in [-0.2, 0) is 16.0 Å². The van der Waals surface area contributed by atoms with Crippen molar-refractivity contribution in [1.82, 2.24) is 14.3 Å². The van der Waals surface area contributed by atoms with Crippen LogP contribution in [0.4, 0.5) is 0 Å². The minimum atomic E-state index is -0.292. The molecule has 0 radical (unpaired) electrons. The SMILES string of the molecule is CCC(CC)OC(=O)CCc1ccc(-n2c(C)nn(-c3ccc(C(=N)N)cc3)c2=O)cc1.Cl. The molecule has 2 aromatic carbocycles. The zero-order valence-corrected chi connectivity index (χ0v) is 19.9. The van der Waals surface area contributed by atoms with Crippen LogP contribution in [0.2, 0.25) is 0 Å². The second-order valence-electron chi connectivity index (χ2n) is 7.63. The van der Waals surface area contributed by atoms with E-state index >= 15 is 0 Å². The molecule has 9 heteroatoms. The number of hydrogen-bond acceptors (Lipinski definition) is 5. The van der Waals surface area contributed by atoms with Gasteiger partial charge in [-0.2, -0.15) is 4.68 Å². The fraction of sp³-hybridized carbons (Fsp3) is 0.333. The number of nitrogens with two attached hydrogens (primary N) is 1. The van der Waals surface area contributed by atoms with Crippen molar-refractivity contribution in [3.8, 4) is 11.4 Å². The Morgan fingerprint density at radius 1 is 1.06 bits per heavy atom. The molecule has 3 aromatic rings. The van der Waals surface area contributed by atoms with Crippen molar-refractivity contribution in [2.24, 2.45) is 5.73 Å². The molecule has 3 rings (SSSR count). The number of aryl methyl sites for hydroxylation is 2. The van der Waals surface area contributed by atoms with Gasteiger partial charge in [-0.3, -0.25) is 10.2 Å². The Hall–Kier alpha value is -3.39.